The van der Waals surface area contributed by atoms with Crippen molar-refractivity contribution in [3.63, 3.8) is 0 Å². The standard InChI is InChI=1S/C10H17N5O6S/c11-4-1-5-12-13-9(16)8-3-2-7-6-14(8)10(17)15(7)21-22(18,19)20/h5,7-8H,1-4,6,11H2,(H,13,16)(H,18,19,20)/b12-5+/t7-,8+/m1/s1. The summed E-state index contributed by atoms with van der Waals surface area (Å²) in [5, 5.41) is 4.28. The lowest BCUT2D eigenvalue weighted by Gasteiger charge is -2.28. The summed E-state index contributed by atoms with van der Waals surface area (Å²) in [5.41, 5.74) is 7.58. The fourth-order valence-corrected chi connectivity index (χ4v) is 2.82. The van der Waals surface area contributed by atoms with Gasteiger partial charge in [-0.3, -0.25) is 9.35 Å². The van der Waals surface area contributed by atoms with Crippen LogP contribution in [-0.4, -0.2) is 66.3 Å². The fourth-order valence-electron chi connectivity index (χ4n) is 2.43. The second-order valence-electron chi connectivity index (χ2n) is 4.88. The second kappa shape index (κ2) is 6.56. The van der Waals surface area contributed by atoms with Crippen molar-refractivity contribution in [2.45, 2.75) is 31.3 Å². The van der Waals surface area contributed by atoms with E-state index in [1.165, 1.54) is 11.1 Å². The summed E-state index contributed by atoms with van der Waals surface area (Å²) in [5.74, 6) is -0.478. The molecule has 2 atom stereocenters. The first-order valence-corrected chi connectivity index (χ1v) is 7.98. The Hall–Kier alpha value is -1.76. The first-order chi connectivity index (χ1) is 10.3. The van der Waals surface area contributed by atoms with Crippen LogP contribution >= 0.6 is 0 Å². The average molecular weight is 335 g/mol. The second-order valence-corrected chi connectivity index (χ2v) is 5.88. The number of piperidine rings is 1. The van der Waals surface area contributed by atoms with Crippen molar-refractivity contribution in [1.29, 1.82) is 0 Å². The predicted octanol–water partition coefficient (Wildman–Crippen LogP) is -1.56. The molecule has 0 radical (unpaired) electrons. The molecule has 124 valence electrons. The summed E-state index contributed by atoms with van der Waals surface area (Å²) < 4.78 is 34.5. The maximum absolute atomic E-state index is 12.1. The lowest BCUT2D eigenvalue weighted by molar-refractivity contribution is -0.126. The monoisotopic (exact) mass is 335 g/mol. The van der Waals surface area contributed by atoms with Crippen molar-refractivity contribution in [3.05, 3.63) is 0 Å². The number of fused-ring (bicyclic) bond motifs is 2. The molecule has 0 spiro atoms. The van der Waals surface area contributed by atoms with Crippen LogP contribution in [0.3, 0.4) is 0 Å². The summed E-state index contributed by atoms with van der Waals surface area (Å²) >= 11 is 0. The maximum Gasteiger partial charge on any atom is 0.418 e. The van der Waals surface area contributed by atoms with Gasteiger partial charge in [-0.05, 0) is 25.8 Å². The smallest absolute Gasteiger partial charge is 0.330 e. The lowest BCUT2D eigenvalue weighted by Crippen LogP contribution is -2.48. The summed E-state index contributed by atoms with van der Waals surface area (Å²) in [6.07, 6.45) is 2.65. The molecule has 2 heterocycles. The van der Waals surface area contributed by atoms with Crippen LogP contribution in [0.2, 0.25) is 0 Å². The van der Waals surface area contributed by atoms with Gasteiger partial charge in [-0.25, -0.2) is 10.2 Å². The van der Waals surface area contributed by atoms with Crippen LogP contribution in [0.1, 0.15) is 19.3 Å². The van der Waals surface area contributed by atoms with Crippen LogP contribution in [0.4, 0.5) is 4.79 Å². The summed E-state index contributed by atoms with van der Waals surface area (Å²) in [6.45, 7) is 0.538. The van der Waals surface area contributed by atoms with E-state index in [9.17, 15) is 18.0 Å². The highest BCUT2D eigenvalue weighted by Crippen LogP contribution is 2.30. The molecule has 0 aliphatic carbocycles. The van der Waals surface area contributed by atoms with E-state index in [2.05, 4.69) is 14.8 Å². The van der Waals surface area contributed by atoms with E-state index in [1.54, 1.807) is 0 Å². The van der Waals surface area contributed by atoms with Gasteiger partial charge >= 0.3 is 16.4 Å². The van der Waals surface area contributed by atoms with E-state index in [-0.39, 0.29) is 6.54 Å². The van der Waals surface area contributed by atoms with Gasteiger partial charge in [-0.2, -0.15) is 18.6 Å². The summed E-state index contributed by atoms with van der Waals surface area (Å²) in [4.78, 5) is 25.3. The Morgan fingerprint density at radius 1 is 1.55 bits per heavy atom. The van der Waals surface area contributed by atoms with E-state index in [0.29, 0.717) is 30.9 Å². The Balaban J connectivity index is 2.01. The molecular formula is C10H17N5O6S. The van der Waals surface area contributed by atoms with Crippen LogP contribution < -0.4 is 11.2 Å². The van der Waals surface area contributed by atoms with E-state index in [1.807, 2.05) is 0 Å². The number of nitrogens with one attached hydrogen (secondary N) is 1. The Labute approximate surface area is 127 Å². The molecule has 2 saturated heterocycles. The van der Waals surface area contributed by atoms with Crippen LogP contribution in [0.5, 0.6) is 0 Å². The quantitative estimate of drug-likeness (QED) is 0.301. The van der Waals surface area contributed by atoms with E-state index >= 15 is 0 Å². The highest BCUT2D eigenvalue weighted by molar-refractivity contribution is 7.80. The lowest BCUT2D eigenvalue weighted by atomic mass is 10.0. The van der Waals surface area contributed by atoms with Crippen LogP contribution in [0, 0.1) is 0 Å². The molecule has 11 nitrogen and oxygen atoms in total. The molecular weight excluding hydrogens is 318 g/mol. The Morgan fingerprint density at radius 2 is 2.27 bits per heavy atom. The van der Waals surface area contributed by atoms with Crippen molar-refractivity contribution in [1.82, 2.24) is 15.4 Å². The molecule has 3 amide bonds. The van der Waals surface area contributed by atoms with Gasteiger partial charge in [0.15, 0.2) is 0 Å². The van der Waals surface area contributed by atoms with Gasteiger partial charge in [-0.1, -0.05) is 0 Å². The summed E-state index contributed by atoms with van der Waals surface area (Å²) in [7, 11) is -4.79. The van der Waals surface area contributed by atoms with Crippen molar-refractivity contribution >= 4 is 28.6 Å². The first-order valence-electron chi connectivity index (χ1n) is 6.61. The average Bonchev–Trinajstić information content (AvgIpc) is 2.67. The first kappa shape index (κ1) is 16.6. The van der Waals surface area contributed by atoms with Crippen molar-refractivity contribution < 1.29 is 26.8 Å². The zero-order valence-corrected chi connectivity index (χ0v) is 12.4. The maximum atomic E-state index is 12.1. The predicted molar refractivity (Wildman–Crippen MR) is 73.7 cm³/mol. The third kappa shape index (κ3) is 3.71. The minimum absolute atomic E-state index is 0.138. The molecule has 4 N–H and O–H groups in total. The molecule has 2 rings (SSSR count). The molecule has 2 aliphatic heterocycles. The molecule has 2 bridgehead atoms. The molecule has 0 aromatic heterocycles. The minimum Gasteiger partial charge on any atom is -0.330 e. The van der Waals surface area contributed by atoms with Crippen LogP contribution in [0.25, 0.3) is 0 Å². The van der Waals surface area contributed by atoms with Gasteiger partial charge in [0.2, 0.25) is 0 Å². The Kier molecular flexibility index (Phi) is 4.95. The number of rotatable bonds is 6. The highest BCUT2D eigenvalue weighted by atomic mass is 32.3. The molecule has 0 aromatic carbocycles. The van der Waals surface area contributed by atoms with E-state index in [0.717, 1.165) is 0 Å². The zero-order valence-electron chi connectivity index (χ0n) is 11.6. The van der Waals surface area contributed by atoms with E-state index < -0.39 is 34.4 Å². The van der Waals surface area contributed by atoms with E-state index in [4.69, 9.17) is 10.3 Å². The minimum atomic E-state index is -4.79. The van der Waals surface area contributed by atoms with Crippen molar-refractivity contribution in [3.8, 4) is 0 Å². The third-order valence-electron chi connectivity index (χ3n) is 3.36. The molecule has 0 aromatic rings. The molecule has 0 unspecified atom stereocenters. The largest absolute Gasteiger partial charge is 0.418 e. The molecule has 2 aliphatic rings. The van der Waals surface area contributed by atoms with Gasteiger partial charge < -0.3 is 10.6 Å². The summed E-state index contributed by atoms with van der Waals surface area (Å²) in [6, 6.07) is -2.08. The normalized spacial score (nSPS) is 25.1. The highest BCUT2D eigenvalue weighted by Gasteiger charge is 2.49. The number of hydrogen-bond acceptors (Lipinski definition) is 7. The van der Waals surface area contributed by atoms with Crippen molar-refractivity contribution in [2.24, 2.45) is 10.8 Å². The molecule has 22 heavy (non-hydrogen) atoms. The SMILES string of the molecule is NCC/C=N/NC(=O)[C@@H]1CC[C@@H]2CN1C(=O)N2OS(=O)(=O)O. The van der Waals surface area contributed by atoms with Gasteiger partial charge in [0.25, 0.3) is 5.91 Å². The Morgan fingerprint density at radius 3 is 2.91 bits per heavy atom. The third-order valence-corrected chi connectivity index (χ3v) is 3.71. The number of hydroxylamine groups is 2. The topological polar surface area (TPSA) is 155 Å². The van der Waals surface area contributed by atoms with Crippen LogP contribution in [-0.2, 0) is 19.5 Å². The number of carbonyl (C=O) groups excluding carboxylic acids is 2. The number of nitrogens with two attached hydrogens (primary N) is 1. The van der Waals surface area contributed by atoms with Gasteiger partial charge in [0, 0.05) is 12.8 Å². The molecule has 12 heteroatoms. The van der Waals surface area contributed by atoms with Crippen LogP contribution in [0.15, 0.2) is 5.10 Å². The van der Waals surface area contributed by atoms with Crippen molar-refractivity contribution in [2.75, 3.05) is 13.1 Å². The molecule has 0 saturated carbocycles. The number of urea groups is 1. The Bertz CT molecular complexity index is 578. The number of carbonyl (C=O) groups is 2. The van der Waals surface area contributed by atoms with Gasteiger partial charge in [0.05, 0.1) is 6.04 Å². The molecule has 2 fully saturated rings. The number of hydrogen-bond donors (Lipinski definition) is 3. The number of hydrazone groups is 1. The fraction of sp³-hybridized carbons (Fsp3) is 0.700. The number of nitrogens with zero attached hydrogens (tertiary/aromatic N) is 3. The number of amides is 3. The van der Waals surface area contributed by atoms with Gasteiger partial charge in [0.1, 0.15) is 6.04 Å². The van der Waals surface area contributed by atoms with Gasteiger partial charge in [-0.15, -0.1) is 4.28 Å². The zero-order chi connectivity index (χ0) is 16.3.